The summed E-state index contributed by atoms with van der Waals surface area (Å²) in [5.74, 6) is -0.615. The van der Waals surface area contributed by atoms with Crippen molar-refractivity contribution in [2.75, 3.05) is 0 Å². The number of aromatic hydroxyl groups is 1. The monoisotopic (exact) mass is 259 g/mol. The molecule has 5 heteroatoms. The van der Waals surface area contributed by atoms with Crippen LogP contribution in [0.2, 0.25) is 0 Å². The van der Waals surface area contributed by atoms with Gasteiger partial charge in [-0.2, -0.15) is 0 Å². The van der Waals surface area contributed by atoms with Gasteiger partial charge in [-0.15, -0.1) is 0 Å². The highest BCUT2D eigenvalue weighted by molar-refractivity contribution is 6.26. The molecule has 1 N–H and O–H groups in total. The van der Waals surface area contributed by atoms with E-state index in [4.69, 9.17) is 4.74 Å². The first-order valence-electron chi connectivity index (χ1n) is 6.16. The fourth-order valence-corrected chi connectivity index (χ4v) is 2.74. The Kier molecular flexibility index (Phi) is 2.53. The highest BCUT2D eigenvalue weighted by Crippen LogP contribution is 2.35. The molecule has 1 aromatic rings. The summed E-state index contributed by atoms with van der Waals surface area (Å²) in [5, 5.41) is 9.43. The van der Waals surface area contributed by atoms with Crippen LogP contribution in [0.5, 0.6) is 5.75 Å². The smallest absolute Gasteiger partial charge is 0.211 e. The number of fused-ring (bicyclic) bond motifs is 1. The van der Waals surface area contributed by atoms with E-state index in [1.54, 1.807) is 6.92 Å². The number of nitrogens with zero attached hydrogens (tertiary/aromatic N) is 1. The second-order valence-electron chi connectivity index (χ2n) is 4.93. The third-order valence-electron chi connectivity index (χ3n) is 3.51. The molecule has 2 aliphatic rings. The molecule has 0 saturated heterocycles. The number of rotatable bonds is 0. The number of Topliss-reactive ketones (excluding diaryl/α,β-unsaturated/α-hetero) is 2. The summed E-state index contributed by atoms with van der Waals surface area (Å²) in [6, 6.07) is 1.30. The first-order chi connectivity index (χ1) is 8.99. The Morgan fingerprint density at radius 3 is 2.79 bits per heavy atom. The Morgan fingerprint density at radius 2 is 2.05 bits per heavy atom. The molecule has 0 radical (unpaired) electrons. The number of hydrogen-bond acceptors (Lipinski definition) is 5. The molecule has 0 amide bonds. The minimum absolute atomic E-state index is 0.0997. The highest BCUT2D eigenvalue weighted by Gasteiger charge is 2.39. The van der Waals surface area contributed by atoms with Gasteiger partial charge in [0.25, 0.3) is 0 Å². The Balaban J connectivity index is 2.21. The second-order valence-corrected chi connectivity index (χ2v) is 4.93. The molecule has 0 unspecified atom stereocenters. The van der Waals surface area contributed by atoms with E-state index in [0.717, 1.165) is 0 Å². The standard InChI is InChI=1S/C14H13NO4/c1-6-3-9-11(7(2)19-6)14(18)12-10(13(9)17)4-8(16)5-15-12/h4-7,16H,3H2,1-2H3/t6-,7+/m0/s1. The van der Waals surface area contributed by atoms with Crippen LogP contribution in [0.1, 0.15) is 41.1 Å². The number of hydrogen-bond donors (Lipinski definition) is 1. The molecule has 3 rings (SSSR count). The molecule has 5 nitrogen and oxygen atoms in total. The Hall–Kier alpha value is -2.01. The third kappa shape index (κ3) is 1.69. The van der Waals surface area contributed by atoms with E-state index in [-0.39, 0.29) is 34.7 Å². The molecular weight excluding hydrogens is 246 g/mol. The quantitative estimate of drug-likeness (QED) is 0.766. The fraction of sp³-hybridized carbons (Fsp3) is 0.357. The van der Waals surface area contributed by atoms with Gasteiger partial charge in [0, 0.05) is 17.6 Å². The van der Waals surface area contributed by atoms with E-state index in [0.29, 0.717) is 17.6 Å². The van der Waals surface area contributed by atoms with Gasteiger partial charge in [-0.25, -0.2) is 4.98 Å². The third-order valence-corrected chi connectivity index (χ3v) is 3.51. The van der Waals surface area contributed by atoms with Gasteiger partial charge in [-0.1, -0.05) is 0 Å². The molecule has 2 atom stereocenters. The maximum atomic E-state index is 12.4. The summed E-state index contributed by atoms with van der Waals surface area (Å²) in [4.78, 5) is 28.7. The molecule has 1 aliphatic carbocycles. The Morgan fingerprint density at radius 1 is 1.32 bits per heavy atom. The zero-order valence-corrected chi connectivity index (χ0v) is 10.6. The lowest BCUT2D eigenvalue weighted by atomic mass is 9.81. The molecule has 98 valence electrons. The largest absolute Gasteiger partial charge is 0.506 e. The van der Waals surface area contributed by atoms with Crippen molar-refractivity contribution in [3.05, 3.63) is 34.7 Å². The summed E-state index contributed by atoms with van der Waals surface area (Å²) in [7, 11) is 0. The summed E-state index contributed by atoms with van der Waals surface area (Å²) < 4.78 is 5.61. The maximum Gasteiger partial charge on any atom is 0.211 e. The zero-order chi connectivity index (χ0) is 13.7. The SMILES string of the molecule is C[C@H]1CC2=C(C(=O)c3ncc(O)cc3C2=O)[C@@H](C)O1. The molecule has 19 heavy (non-hydrogen) atoms. The second kappa shape index (κ2) is 3.99. The summed E-state index contributed by atoms with van der Waals surface area (Å²) in [5.41, 5.74) is 1.20. The topological polar surface area (TPSA) is 76.5 Å². The van der Waals surface area contributed by atoms with Gasteiger partial charge in [0.05, 0.1) is 24.0 Å². The Labute approximate surface area is 109 Å². The average molecular weight is 259 g/mol. The number of aromatic nitrogens is 1. The van der Waals surface area contributed by atoms with Crippen LogP contribution in [0, 0.1) is 0 Å². The summed E-state index contributed by atoms with van der Waals surface area (Å²) in [6.07, 6.45) is 1.09. The molecule has 2 heterocycles. The normalized spacial score (nSPS) is 26.2. The van der Waals surface area contributed by atoms with Crippen LogP contribution in [-0.2, 0) is 4.74 Å². The lowest BCUT2D eigenvalue weighted by Gasteiger charge is -2.32. The van der Waals surface area contributed by atoms with Gasteiger partial charge in [-0.3, -0.25) is 9.59 Å². The van der Waals surface area contributed by atoms with Crippen LogP contribution < -0.4 is 0 Å². The molecule has 1 aromatic heterocycles. The molecule has 0 spiro atoms. The first kappa shape index (κ1) is 12.0. The molecular formula is C14H13NO4. The van der Waals surface area contributed by atoms with Gasteiger partial charge < -0.3 is 9.84 Å². The van der Waals surface area contributed by atoms with Crippen LogP contribution in [0.3, 0.4) is 0 Å². The van der Waals surface area contributed by atoms with Crippen LogP contribution in [0.4, 0.5) is 0 Å². The van der Waals surface area contributed by atoms with Crippen LogP contribution in [0.15, 0.2) is 23.4 Å². The van der Waals surface area contributed by atoms with Crippen molar-refractivity contribution in [3.8, 4) is 5.75 Å². The van der Waals surface area contributed by atoms with Gasteiger partial charge in [-0.05, 0) is 19.9 Å². The van der Waals surface area contributed by atoms with Crippen molar-refractivity contribution in [1.82, 2.24) is 4.98 Å². The minimum atomic E-state index is -0.404. The molecule has 0 bridgehead atoms. The number of carbonyl (C=O) groups excluding carboxylic acids is 2. The lowest BCUT2D eigenvalue weighted by Crippen LogP contribution is -2.36. The maximum absolute atomic E-state index is 12.4. The number of ether oxygens (including phenoxy) is 1. The van der Waals surface area contributed by atoms with Gasteiger partial charge in [0.2, 0.25) is 5.78 Å². The highest BCUT2D eigenvalue weighted by atomic mass is 16.5. The van der Waals surface area contributed by atoms with Crippen molar-refractivity contribution in [2.45, 2.75) is 32.5 Å². The fourth-order valence-electron chi connectivity index (χ4n) is 2.74. The number of carbonyl (C=O) groups is 2. The predicted octanol–water partition coefficient (Wildman–Crippen LogP) is 1.66. The van der Waals surface area contributed by atoms with Gasteiger partial charge in [0.1, 0.15) is 11.4 Å². The van der Waals surface area contributed by atoms with Crippen LogP contribution in [0.25, 0.3) is 0 Å². The molecule has 0 aromatic carbocycles. The van der Waals surface area contributed by atoms with Crippen molar-refractivity contribution in [2.24, 2.45) is 0 Å². The van der Waals surface area contributed by atoms with Crippen molar-refractivity contribution in [1.29, 1.82) is 0 Å². The average Bonchev–Trinajstić information content (AvgIpc) is 2.35. The van der Waals surface area contributed by atoms with Gasteiger partial charge >= 0.3 is 0 Å². The molecule has 0 fully saturated rings. The van der Waals surface area contributed by atoms with Crippen molar-refractivity contribution in [3.63, 3.8) is 0 Å². The number of pyridine rings is 1. The molecule has 0 saturated carbocycles. The van der Waals surface area contributed by atoms with Crippen molar-refractivity contribution < 1.29 is 19.4 Å². The summed E-state index contributed by atoms with van der Waals surface area (Å²) >= 11 is 0. The summed E-state index contributed by atoms with van der Waals surface area (Å²) in [6.45, 7) is 3.63. The Bertz CT molecular complexity index is 632. The lowest BCUT2D eigenvalue weighted by molar-refractivity contribution is 0.0148. The van der Waals surface area contributed by atoms with Crippen molar-refractivity contribution >= 4 is 11.6 Å². The first-order valence-corrected chi connectivity index (χ1v) is 6.16. The van der Waals surface area contributed by atoms with Gasteiger partial charge in [0.15, 0.2) is 5.78 Å². The number of ketones is 2. The van der Waals surface area contributed by atoms with E-state index >= 15 is 0 Å². The van der Waals surface area contributed by atoms with E-state index < -0.39 is 6.10 Å². The minimum Gasteiger partial charge on any atom is -0.506 e. The van der Waals surface area contributed by atoms with E-state index in [1.807, 2.05) is 6.92 Å². The van der Waals surface area contributed by atoms with Crippen LogP contribution >= 0.6 is 0 Å². The van der Waals surface area contributed by atoms with E-state index in [2.05, 4.69) is 4.98 Å². The predicted molar refractivity (Wildman–Crippen MR) is 66.2 cm³/mol. The van der Waals surface area contributed by atoms with E-state index in [1.165, 1.54) is 12.3 Å². The van der Waals surface area contributed by atoms with E-state index in [9.17, 15) is 14.7 Å². The zero-order valence-electron chi connectivity index (χ0n) is 10.6. The molecule has 1 aliphatic heterocycles. The van der Waals surface area contributed by atoms with Crippen LogP contribution in [-0.4, -0.2) is 33.9 Å².